The molecule has 0 fully saturated rings. The van der Waals surface area contributed by atoms with E-state index < -0.39 is 0 Å². The Labute approximate surface area is 130 Å². The molecule has 114 valence electrons. The minimum absolute atomic E-state index is 0.0387. The first-order valence-corrected chi connectivity index (χ1v) is 7.73. The smallest absolute Gasteiger partial charge is 0.224 e. The lowest BCUT2D eigenvalue weighted by Gasteiger charge is -2.17. The Balaban J connectivity index is 1.94. The largest absolute Gasteiger partial charge is 0.464 e. The van der Waals surface area contributed by atoms with Gasteiger partial charge in [0, 0.05) is 17.0 Å². The molecule has 0 aliphatic rings. The van der Waals surface area contributed by atoms with Gasteiger partial charge in [-0.2, -0.15) is 0 Å². The Bertz CT molecular complexity index is 817. The van der Waals surface area contributed by atoms with Crippen LogP contribution in [0.1, 0.15) is 26.3 Å². The first-order valence-electron chi connectivity index (χ1n) is 7.73. The molecule has 0 spiro atoms. The average Bonchev–Trinajstić information content (AvgIpc) is 2.90. The van der Waals surface area contributed by atoms with E-state index in [1.807, 2.05) is 31.2 Å². The number of carbonyl (C=O) groups is 1. The number of fused-ring (bicyclic) bond motifs is 3. The van der Waals surface area contributed by atoms with Crippen LogP contribution in [0.4, 0.5) is 0 Å². The Morgan fingerprint density at radius 2 is 1.91 bits per heavy atom. The molecule has 1 heterocycles. The predicted molar refractivity (Wildman–Crippen MR) is 89.9 cm³/mol. The Kier molecular flexibility index (Phi) is 3.88. The highest BCUT2D eigenvalue weighted by molar-refractivity contribution is 6.08. The van der Waals surface area contributed by atoms with Crippen molar-refractivity contribution in [1.29, 1.82) is 0 Å². The van der Waals surface area contributed by atoms with Gasteiger partial charge >= 0.3 is 0 Å². The standard InChI is InChI=1S/C19H21NO2/c1-12(2)13(3)20-18(21)10-15-11-22-17-9-8-14-6-4-5-7-16(14)19(15)17/h4-9,11-13H,10H2,1-3H3,(H,20,21). The highest BCUT2D eigenvalue weighted by Gasteiger charge is 2.15. The minimum Gasteiger partial charge on any atom is -0.464 e. The van der Waals surface area contributed by atoms with Gasteiger partial charge in [0.25, 0.3) is 0 Å². The second kappa shape index (κ2) is 5.84. The summed E-state index contributed by atoms with van der Waals surface area (Å²) in [5, 5.41) is 6.39. The monoisotopic (exact) mass is 295 g/mol. The molecule has 0 saturated heterocycles. The molecule has 1 atom stereocenters. The maximum atomic E-state index is 12.3. The van der Waals surface area contributed by atoms with E-state index in [9.17, 15) is 4.79 Å². The summed E-state index contributed by atoms with van der Waals surface area (Å²) in [4.78, 5) is 12.3. The van der Waals surface area contributed by atoms with Gasteiger partial charge < -0.3 is 9.73 Å². The Morgan fingerprint density at radius 3 is 2.68 bits per heavy atom. The molecule has 3 nitrogen and oxygen atoms in total. The molecule has 1 aromatic heterocycles. The highest BCUT2D eigenvalue weighted by atomic mass is 16.3. The van der Waals surface area contributed by atoms with Crippen LogP contribution >= 0.6 is 0 Å². The van der Waals surface area contributed by atoms with E-state index in [1.54, 1.807) is 6.26 Å². The van der Waals surface area contributed by atoms with E-state index in [1.165, 1.54) is 0 Å². The van der Waals surface area contributed by atoms with E-state index in [4.69, 9.17) is 4.42 Å². The summed E-state index contributed by atoms with van der Waals surface area (Å²) in [6.45, 7) is 6.24. The summed E-state index contributed by atoms with van der Waals surface area (Å²) in [6.07, 6.45) is 2.05. The van der Waals surface area contributed by atoms with Crippen LogP contribution in [-0.4, -0.2) is 11.9 Å². The molecule has 1 N–H and O–H groups in total. The van der Waals surface area contributed by atoms with Gasteiger partial charge in [0.15, 0.2) is 0 Å². The molecular weight excluding hydrogens is 274 g/mol. The van der Waals surface area contributed by atoms with Crippen LogP contribution in [0, 0.1) is 5.92 Å². The summed E-state index contributed by atoms with van der Waals surface area (Å²) in [7, 11) is 0. The molecule has 0 radical (unpaired) electrons. The first kappa shape index (κ1) is 14.6. The van der Waals surface area contributed by atoms with E-state index in [0.29, 0.717) is 12.3 Å². The maximum absolute atomic E-state index is 12.3. The lowest BCUT2D eigenvalue weighted by molar-refractivity contribution is -0.121. The number of furan rings is 1. The second-order valence-corrected chi connectivity index (χ2v) is 6.20. The van der Waals surface area contributed by atoms with Crippen molar-refractivity contribution in [2.75, 3.05) is 0 Å². The maximum Gasteiger partial charge on any atom is 0.224 e. The second-order valence-electron chi connectivity index (χ2n) is 6.20. The molecule has 0 bridgehead atoms. The molecule has 3 heteroatoms. The van der Waals surface area contributed by atoms with Crippen LogP contribution in [0.25, 0.3) is 21.7 Å². The number of hydrogen-bond donors (Lipinski definition) is 1. The van der Waals surface area contributed by atoms with Gasteiger partial charge in [0.05, 0.1) is 12.7 Å². The van der Waals surface area contributed by atoms with E-state index in [-0.39, 0.29) is 11.9 Å². The number of rotatable bonds is 4. The summed E-state index contributed by atoms with van der Waals surface area (Å²) in [5.41, 5.74) is 1.78. The van der Waals surface area contributed by atoms with Gasteiger partial charge in [-0.05, 0) is 29.7 Å². The normalized spacial score (nSPS) is 12.9. The van der Waals surface area contributed by atoms with Crippen molar-refractivity contribution in [2.24, 2.45) is 5.92 Å². The molecule has 2 aromatic carbocycles. The fourth-order valence-corrected chi connectivity index (χ4v) is 2.65. The molecular formula is C19H21NO2. The van der Waals surface area contributed by atoms with E-state index >= 15 is 0 Å². The molecule has 0 saturated carbocycles. The zero-order chi connectivity index (χ0) is 15.7. The third-order valence-corrected chi connectivity index (χ3v) is 4.28. The Hall–Kier alpha value is -2.29. The number of hydrogen-bond acceptors (Lipinski definition) is 2. The number of nitrogens with one attached hydrogen (secondary N) is 1. The van der Waals surface area contributed by atoms with Crippen LogP contribution in [0.5, 0.6) is 0 Å². The van der Waals surface area contributed by atoms with Crippen molar-refractivity contribution < 1.29 is 9.21 Å². The SMILES string of the molecule is CC(C)C(C)NC(=O)Cc1coc2ccc3ccccc3c12. The highest BCUT2D eigenvalue weighted by Crippen LogP contribution is 2.30. The van der Waals surface area contributed by atoms with Crippen LogP contribution in [0.3, 0.4) is 0 Å². The van der Waals surface area contributed by atoms with Gasteiger partial charge in [-0.1, -0.05) is 44.2 Å². The van der Waals surface area contributed by atoms with Crippen LogP contribution in [0.2, 0.25) is 0 Å². The topological polar surface area (TPSA) is 42.2 Å². The fourth-order valence-electron chi connectivity index (χ4n) is 2.65. The van der Waals surface area contributed by atoms with Gasteiger partial charge in [0.2, 0.25) is 5.91 Å². The lowest BCUT2D eigenvalue weighted by atomic mass is 10.0. The average molecular weight is 295 g/mol. The molecule has 1 amide bonds. The Morgan fingerprint density at radius 1 is 1.14 bits per heavy atom. The summed E-state index contributed by atoms with van der Waals surface area (Å²) in [5.74, 6) is 0.461. The fraction of sp³-hybridized carbons (Fsp3) is 0.316. The molecule has 1 unspecified atom stereocenters. The molecule has 3 aromatic rings. The zero-order valence-electron chi connectivity index (χ0n) is 13.2. The van der Waals surface area contributed by atoms with Crippen LogP contribution in [-0.2, 0) is 11.2 Å². The molecule has 22 heavy (non-hydrogen) atoms. The van der Waals surface area contributed by atoms with Crippen molar-refractivity contribution in [3.05, 3.63) is 48.2 Å². The quantitative estimate of drug-likeness (QED) is 0.780. The van der Waals surface area contributed by atoms with Crippen molar-refractivity contribution in [3.8, 4) is 0 Å². The third-order valence-electron chi connectivity index (χ3n) is 4.28. The van der Waals surface area contributed by atoms with Crippen molar-refractivity contribution >= 4 is 27.6 Å². The number of carbonyl (C=O) groups excluding carboxylic acids is 1. The zero-order valence-corrected chi connectivity index (χ0v) is 13.2. The predicted octanol–water partition coefficient (Wildman–Crippen LogP) is 4.29. The number of amides is 1. The number of benzene rings is 2. The summed E-state index contributed by atoms with van der Waals surface area (Å²) >= 11 is 0. The van der Waals surface area contributed by atoms with Gasteiger partial charge in [-0.25, -0.2) is 0 Å². The minimum atomic E-state index is 0.0387. The third kappa shape index (κ3) is 2.71. The molecule has 0 aliphatic carbocycles. The first-order chi connectivity index (χ1) is 10.6. The van der Waals surface area contributed by atoms with Gasteiger partial charge in [-0.15, -0.1) is 0 Å². The summed E-state index contributed by atoms with van der Waals surface area (Å²) in [6, 6.07) is 12.4. The van der Waals surface area contributed by atoms with Crippen molar-refractivity contribution in [3.63, 3.8) is 0 Å². The summed E-state index contributed by atoms with van der Waals surface area (Å²) < 4.78 is 5.63. The molecule has 3 rings (SSSR count). The van der Waals surface area contributed by atoms with Crippen molar-refractivity contribution in [2.45, 2.75) is 33.2 Å². The van der Waals surface area contributed by atoms with Crippen molar-refractivity contribution in [1.82, 2.24) is 5.32 Å². The van der Waals surface area contributed by atoms with Gasteiger partial charge in [0.1, 0.15) is 5.58 Å². The lowest BCUT2D eigenvalue weighted by Crippen LogP contribution is -2.36. The van der Waals surface area contributed by atoms with E-state index in [0.717, 1.165) is 27.3 Å². The van der Waals surface area contributed by atoms with Crippen LogP contribution in [0.15, 0.2) is 47.1 Å². The molecule has 0 aliphatic heterocycles. The van der Waals surface area contributed by atoms with Crippen LogP contribution < -0.4 is 5.32 Å². The van der Waals surface area contributed by atoms with E-state index in [2.05, 4.69) is 31.3 Å². The van der Waals surface area contributed by atoms with Gasteiger partial charge in [-0.3, -0.25) is 4.79 Å².